The van der Waals surface area contributed by atoms with Gasteiger partial charge in [-0.2, -0.15) is 5.10 Å². The zero-order valence-corrected chi connectivity index (χ0v) is 10.1. The van der Waals surface area contributed by atoms with E-state index in [2.05, 4.69) is 31.1 Å². The third kappa shape index (κ3) is 1.21. The molecule has 0 aliphatic heterocycles. The van der Waals surface area contributed by atoms with E-state index >= 15 is 0 Å². The zero-order chi connectivity index (χ0) is 11.3. The quantitative estimate of drug-likeness (QED) is 0.663. The predicted molar refractivity (Wildman–Crippen MR) is 66.7 cm³/mol. The van der Waals surface area contributed by atoms with Crippen molar-refractivity contribution in [1.29, 1.82) is 0 Å². The second kappa shape index (κ2) is 3.18. The molecular formula is C11H8BrN3O. The zero-order valence-electron chi connectivity index (χ0n) is 8.47. The van der Waals surface area contributed by atoms with Gasteiger partial charge in [-0.15, -0.1) is 0 Å². The van der Waals surface area contributed by atoms with Crippen molar-refractivity contribution < 1.29 is 0 Å². The standard InChI is InChI=1S/C11H8BrN3O/c1-5-2-9-6(3-8(5)12)10-7(4-13-15-10)11(16)14-9/h2-4H,1H3,(H,13,15)(H,14,16). The summed E-state index contributed by atoms with van der Waals surface area (Å²) in [7, 11) is 0. The van der Waals surface area contributed by atoms with Crippen molar-refractivity contribution in [3.63, 3.8) is 0 Å². The molecule has 0 saturated heterocycles. The van der Waals surface area contributed by atoms with Gasteiger partial charge in [0, 0.05) is 9.86 Å². The van der Waals surface area contributed by atoms with Gasteiger partial charge in [0.15, 0.2) is 0 Å². The third-order valence-electron chi connectivity index (χ3n) is 2.70. The van der Waals surface area contributed by atoms with Crippen LogP contribution in [0.5, 0.6) is 0 Å². The average Bonchev–Trinajstić information content (AvgIpc) is 2.71. The van der Waals surface area contributed by atoms with Gasteiger partial charge in [-0.1, -0.05) is 15.9 Å². The highest BCUT2D eigenvalue weighted by atomic mass is 79.9. The van der Waals surface area contributed by atoms with E-state index < -0.39 is 0 Å². The molecule has 5 heteroatoms. The minimum absolute atomic E-state index is 0.113. The molecule has 16 heavy (non-hydrogen) atoms. The molecule has 2 heterocycles. The minimum atomic E-state index is -0.113. The first-order chi connectivity index (χ1) is 7.66. The van der Waals surface area contributed by atoms with E-state index in [0.29, 0.717) is 5.39 Å². The molecule has 0 unspecified atom stereocenters. The van der Waals surface area contributed by atoms with Gasteiger partial charge < -0.3 is 4.98 Å². The molecule has 0 fully saturated rings. The van der Waals surface area contributed by atoms with E-state index in [1.807, 2.05) is 19.1 Å². The molecule has 1 aromatic carbocycles. The number of rotatable bonds is 0. The topological polar surface area (TPSA) is 61.5 Å². The van der Waals surface area contributed by atoms with Crippen molar-refractivity contribution >= 4 is 37.7 Å². The molecule has 0 bridgehead atoms. The summed E-state index contributed by atoms with van der Waals surface area (Å²) in [6.45, 7) is 1.99. The van der Waals surface area contributed by atoms with Gasteiger partial charge in [0.1, 0.15) is 0 Å². The predicted octanol–water partition coefficient (Wildman–Crippen LogP) is 2.48. The number of hydrogen-bond donors (Lipinski definition) is 2. The van der Waals surface area contributed by atoms with Gasteiger partial charge in [0.25, 0.3) is 5.56 Å². The molecule has 4 nitrogen and oxygen atoms in total. The summed E-state index contributed by atoms with van der Waals surface area (Å²) in [5.41, 5.74) is 2.57. The number of fused-ring (bicyclic) bond motifs is 3. The van der Waals surface area contributed by atoms with Crippen LogP contribution in [0.3, 0.4) is 0 Å². The van der Waals surface area contributed by atoms with Crippen LogP contribution < -0.4 is 5.56 Å². The van der Waals surface area contributed by atoms with Gasteiger partial charge in [-0.05, 0) is 24.6 Å². The molecule has 0 spiro atoms. The van der Waals surface area contributed by atoms with Crippen molar-refractivity contribution in [3.8, 4) is 0 Å². The summed E-state index contributed by atoms with van der Waals surface area (Å²) in [6.07, 6.45) is 1.54. The lowest BCUT2D eigenvalue weighted by Gasteiger charge is -2.03. The number of pyridine rings is 1. The SMILES string of the molecule is Cc1cc2[nH]c(=O)c3cn[nH]c3c2cc1Br. The van der Waals surface area contributed by atoms with Crippen molar-refractivity contribution in [2.75, 3.05) is 0 Å². The van der Waals surface area contributed by atoms with Crippen LogP contribution in [0, 0.1) is 6.92 Å². The van der Waals surface area contributed by atoms with Crippen LogP contribution in [-0.2, 0) is 0 Å². The summed E-state index contributed by atoms with van der Waals surface area (Å²) >= 11 is 3.48. The maximum Gasteiger partial charge on any atom is 0.259 e. The first-order valence-corrected chi connectivity index (χ1v) is 5.61. The Labute approximate surface area is 98.8 Å². The van der Waals surface area contributed by atoms with Gasteiger partial charge in [0.2, 0.25) is 0 Å². The Morgan fingerprint density at radius 2 is 2.12 bits per heavy atom. The highest BCUT2D eigenvalue weighted by Gasteiger charge is 2.08. The lowest BCUT2D eigenvalue weighted by Crippen LogP contribution is -2.05. The summed E-state index contributed by atoms with van der Waals surface area (Å²) in [6, 6.07) is 3.93. The lowest BCUT2D eigenvalue weighted by atomic mass is 10.1. The van der Waals surface area contributed by atoms with Crippen LogP contribution >= 0.6 is 15.9 Å². The van der Waals surface area contributed by atoms with Crippen molar-refractivity contribution in [3.05, 3.63) is 38.7 Å². The number of nitrogens with zero attached hydrogens (tertiary/aromatic N) is 1. The molecule has 0 radical (unpaired) electrons. The second-order valence-corrected chi connectivity index (χ2v) is 4.61. The molecule has 2 aromatic heterocycles. The number of nitrogens with one attached hydrogen (secondary N) is 2. The summed E-state index contributed by atoms with van der Waals surface area (Å²) < 4.78 is 1.02. The van der Waals surface area contributed by atoms with E-state index in [4.69, 9.17) is 0 Å². The molecular weight excluding hydrogens is 270 g/mol. The Bertz CT molecular complexity index is 757. The molecule has 0 amide bonds. The molecule has 3 rings (SSSR count). The summed E-state index contributed by atoms with van der Waals surface area (Å²) in [5, 5.41) is 8.31. The van der Waals surface area contributed by atoms with E-state index in [9.17, 15) is 4.79 Å². The van der Waals surface area contributed by atoms with Crippen molar-refractivity contribution in [2.24, 2.45) is 0 Å². The largest absolute Gasteiger partial charge is 0.321 e. The Balaban J connectivity index is 2.64. The number of H-pyrrole nitrogens is 2. The van der Waals surface area contributed by atoms with Gasteiger partial charge >= 0.3 is 0 Å². The third-order valence-corrected chi connectivity index (χ3v) is 3.55. The number of hydrogen-bond acceptors (Lipinski definition) is 2. The molecule has 80 valence electrons. The average molecular weight is 278 g/mol. The van der Waals surface area contributed by atoms with Crippen LogP contribution in [0.2, 0.25) is 0 Å². The normalized spacial score (nSPS) is 11.4. The first kappa shape index (κ1) is 9.59. The Hall–Kier alpha value is -1.62. The molecule has 0 aliphatic carbocycles. The molecule has 0 atom stereocenters. The van der Waals surface area contributed by atoms with E-state index in [1.165, 1.54) is 0 Å². The molecule has 2 N–H and O–H groups in total. The summed E-state index contributed by atoms with van der Waals surface area (Å²) in [4.78, 5) is 14.6. The van der Waals surface area contributed by atoms with Crippen LogP contribution in [0.1, 0.15) is 5.56 Å². The molecule has 0 aliphatic rings. The first-order valence-electron chi connectivity index (χ1n) is 4.82. The van der Waals surface area contributed by atoms with Crippen LogP contribution in [0.15, 0.2) is 27.6 Å². The van der Waals surface area contributed by atoms with Gasteiger partial charge in [0.05, 0.1) is 22.6 Å². The van der Waals surface area contributed by atoms with E-state index in [-0.39, 0.29) is 5.56 Å². The Kier molecular flexibility index (Phi) is 1.91. The van der Waals surface area contributed by atoms with Crippen LogP contribution in [0.4, 0.5) is 0 Å². The maximum absolute atomic E-state index is 11.7. The summed E-state index contributed by atoms with van der Waals surface area (Å²) in [5.74, 6) is 0. The minimum Gasteiger partial charge on any atom is -0.321 e. The van der Waals surface area contributed by atoms with Gasteiger partial charge in [-0.25, -0.2) is 0 Å². The monoisotopic (exact) mass is 277 g/mol. The van der Waals surface area contributed by atoms with Crippen LogP contribution in [0.25, 0.3) is 21.8 Å². The fourth-order valence-corrected chi connectivity index (χ4v) is 2.19. The number of aromatic amines is 2. The van der Waals surface area contributed by atoms with E-state index in [0.717, 1.165) is 26.5 Å². The Morgan fingerprint density at radius 1 is 1.31 bits per heavy atom. The number of aryl methyl sites for hydroxylation is 1. The van der Waals surface area contributed by atoms with Gasteiger partial charge in [-0.3, -0.25) is 9.89 Å². The lowest BCUT2D eigenvalue weighted by molar-refractivity contribution is 1.12. The van der Waals surface area contributed by atoms with Crippen molar-refractivity contribution in [1.82, 2.24) is 15.2 Å². The van der Waals surface area contributed by atoms with Crippen LogP contribution in [-0.4, -0.2) is 15.2 Å². The second-order valence-electron chi connectivity index (χ2n) is 3.76. The molecule has 3 aromatic rings. The van der Waals surface area contributed by atoms with E-state index in [1.54, 1.807) is 6.20 Å². The number of halogens is 1. The fourth-order valence-electron chi connectivity index (χ4n) is 1.85. The maximum atomic E-state index is 11.7. The highest BCUT2D eigenvalue weighted by molar-refractivity contribution is 9.10. The smallest absolute Gasteiger partial charge is 0.259 e. The highest BCUT2D eigenvalue weighted by Crippen LogP contribution is 2.25. The number of aromatic nitrogens is 3. The Morgan fingerprint density at radius 3 is 2.94 bits per heavy atom. The fraction of sp³-hybridized carbons (Fsp3) is 0.0909. The molecule has 0 saturated carbocycles. The van der Waals surface area contributed by atoms with Crippen molar-refractivity contribution in [2.45, 2.75) is 6.92 Å². The number of benzene rings is 1.